The van der Waals surface area contributed by atoms with Gasteiger partial charge in [-0.2, -0.15) is 0 Å². The van der Waals surface area contributed by atoms with Crippen molar-refractivity contribution in [1.29, 1.82) is 0 Å². The topological polar surface area (TPSA) is 23.8 Å². The van der Waals surface area contributed by atoms with Gasteiger partial charge >= 0.3 is 0 Å². The van der Waals surface area contributed by atoms with E-state index in [-0.39, 0.29) is 5.54 Å². The van der Waals surface area contributed by atoms with Crippen LogP contribution in [0.15, 0.2) is 0 Å². The van der Waals surface area contributed by atoms with E-state index in [0.29, 0.717) is 0 Å². The Kier molecular flexibility index (Phi) is 0.346. The van der Waals surface area contributed by atoms with Gasteiger partial charge in [0, 0.05) is 5.54 Å². The molecule has 1 radical (unpaired) electrons. The molecule has 1 fully saturated rings. The van der Waals surface area contributed by atoms with Crippen molar-refractivity contribution in [3.05, 3.63) is 0 Å². The lowest BCUT2D eigenvalue weighted by Gasteiger charge is -1.85. The van der Waals surface area contributed by atoms with Crippen molar-refractivity contribution in [3.8, 4) is 0 Å². The first-order valence-corrected chi connectivity index (χ1v) is 1.96. The molecule has 0 aromatic heterocycles. The largest absolute Gasteiger partial charge is 0.251 e. The summed E-state index contributed by atoms with van der Waals surface area (Å²) in [5.74, 6) is 0. The van der Waals surface area contributed by atoms with E-state index >= 15 is 0 Å². The fraction of sp³-hybridized carbons (Fsp3) is 1.00. The van der Waals surface area contributed by atoms with E-state index in [9.17, 15) is 0 Å². The Balaban J connectivity index is 2.38. The smallest absolute Gasteiger partial charge is 0.0297 e. The van der Waals surface area contributed by atoms with Gasteiger partial charge in [-0.15, -0.1) is 0 Å². The molecule has 0 aliphatic heterocycles. The monoisotopic (exact) mass is 70.1 g/mol. The molecule has 29 valence electrons. The lowest BCUT2D eigenvalue weighted by Crippen LogP contribution is -1.98. The van der Waals surface area contributed by atoms with Crippen LogP contribution in [0.3, 0.4) is 0 Å². The van der Waals surface area contributed by atoms with E-state index in [1.165, 1.54) is 0 Å². The first-order valence-electron chi connectivity index (χ1n) is 1.96. The highest BCUT2D eigenvalue weighted by Crippen LogP contribution is 2.32. The van der Waals surface area contributed by atoms with Gasteiger partial charge in [-0.3, -0.25) is 5.73 Å². The van der Waals surface area contributed by atoms with Gasteiger partial charge in [0.1, 0.15) is 0 Å². The Morgan fingerprint density at radius 1 is 1.60 bits per heavy atom. The molecule has 0 bridgehead atoms. The Morgan fingerprint density at radius 3 is 1.80 bits per heavy atom. The zero-order valence-corrected chi connectivity index (χ0v) is 3.41. The molecule has 1 aliphatic rings. The van der Waals surface area contributed by atoms with Crippen molar-refractivity contribution in [2.24, 2.45) is 0 Å². The summed E-state index contributed by atoms with van der Waals surface area (Å²) in [6.07, 6.45) is 2.24. The second kappa shape index (κ2) is 0.548. The van der Waals surface area contributed by atoms with Crippen LogP contribution in [0.2, 0.25) is 0 Å². The van der Waals surface area contributed by atoms with Crippen molar-refractivity contribution in [2.75, 3.05) is 0 Å². The minimum atomic E-state index is 0. The van der Waals surface area contributed by atoms with Gasteiger partial charge < -0.3 is 0 Å². The molecule has 1 saturated carbocycles. The maximum absolute atomic E-state index is 7.05. The maximum atomic E-state index is 7.05. The second-order valence-corrected chi connectivity index (χ2v) is 2.06. The van der Waals surface area contributed by atoms with Crippen LogP contribution in [0.5, 0.6) is 0 Å². The lowest BCUT2D eigenvalue weighted by atomic mass is 10.4. The van der Waals surface area contributed by atoms with Gasteiger partial charge in [0.15, 0.2) is 0 Å². The molecule has 0 atom stereocenters. The van der Waals surface area contributed by atoms with Crippen LogP contribution in [-0.4, -0.2) is 5.54 Å². The molecule has 0 unspecified atom stereocenters. The van der Waals surface area contributed by atoms with Crippen LogP contribution in [0, 0.1) is 0 Å². The van der Waals surface area contributed by atoms with Crippen molar-refractivity contribution in [3.63, 3.8) is 0 Å². The van der Waals surface area contributed by atoms with E-state index in [2.05, 4.69) is 0 Å². The number of hydrogen-bond acceptors (Lipinski definition) is 0. The molecular weight excluding hydrogens is 62.1 g/mol. The summed E-state index contributed by atoms with van der Waals surface area (Å²) in [7, 11) is 0. The molecule has 0 saturated heterocycles. The number of nitrogens with one attached hydrogen (secondary N) is 1. The summed E-state index contributed by atoms with van der Waals surface area (Å²) in [6.45, 7) is 1.97. The molecule has 1 nitrogen and oxygen atoms in total. The molecule has 1 heteroatoms. The van der Waals surface area contributed by atoms with Gasteiger partial charge in [-0.1, -0.05) is 0 Å². The SMILES string of the molecule is CC1([NH])CC1. The number of hydrogen-bond donors (Lipinski definition) is 0. The van der Waals surface area contributed by atoms with Gasteiger partial charge in [0.25, 0.3) is 0 Å². The Hall–Kier alpha value is -0.0400. The zero-order chi connectivity index (χ0) is 3.91. The van der Waals surface area contributed by atoms with Crippen LogP contribution in [0.1, 0.15) is 19.8 Å². The van der Waals surface area contributed by atoms with Crippen molar-refractivity contribution in [2.45, 2.75) is 25.3 Å². The van der Waals surface area contributed by atoms with Gasteiger partial charge in [0.05, 0.1) is 0 Å². The van der Waals surface area contributed by atoms with Crippen molar-refractivity contribution in [1.82, 2.24) is 5.73 Å². The van der Waals surface area contributed by atoms with Crippen LogP contribution in [0.4, 0.5) is 0 Å². The van der Waals surface area contributed by atoms with Gasteiger partial charge in [-0.25, -0.2) is 0 Å². The fourth-order valence-corrected chi connectivity index (χ4v) is 0.187. The van der Waals surface area contributed by atoms with Crippen LogP contribution >= 0.6 is 0 Å². The first kappa shape index (κ1) is 3.16. The third-order valence-corrected chi connectivity index (χ3v) is 1.000. The normalized spacial score (nSPS) is 30.0. The highest BCUT2D eigenvalue weighted by atomic mass is 14.8. The molecule has 1 N–H and O–H groups in total. The molecule has 1 rings (SSSR count). The van der Waals surface area contributed by atoms with Crippen molar-refractivity contribution >= 4 is 0 Å². The van der Waals surface area contributed by atoms with Crippen LogP contribution in [-0.2, 0) is 0 Å². The molecule has 0 heterocycles. The summed E-state index contributed by atoms with van der Waals surface area (Å²) in [5, 5.41) is 0. The second-order valence-electron chi connectivity index (χ2n) is 2.06. The maximum Gasteiger partial charge on any atom is 0.0297 e. The highest BCUT2D eigenvalue weighted by molar-refractivity contribution is 4.92. The summed E-state index contributed by atoms with van der Waals surface area (Å²) in [4.78, 5) is 0. The molecule has 0 aromatic carbocycles. The van der Waals surface area contributed by atoms with E-state index in [1.54, 1.807) is 0 Å². The average Bonchev–Trinajstić information content (AvgIpc) is 1.76. The zero-order valence-electron chi connectivity index (χ0n) is 3.41. The summed E-state index contributed by atoms with van der Waals surface area (Å²) in [6, 6.07) is 0. The molecule has 0 amide bonds. The minimum absolute atomic E-state index is 0. The quantitative estimate of drug-likeness (QED) is 0.403. The molecule has 0 aromatic rings. The number of rotatable bonds is 0. The van der Waals surface area contributed by atoms with E-state index in [4.69, 9.17) is 5.73 Å². The summed E-state index contributed by atoms with van der Waals surface area (Å²) in [5.41, 5.74) is 7.05. The van der Waals surface area contributed by atoms with Crippen LogP contribution < -0.4 is 5.73 Å². The Labute approximate surface area is 32.2 Å². The van der Waals surface area contributed by atoms with Crippen LogP contribution in [0.25, 0.3) is 0 Å². The highest BCUT2D eigenvalue weighted by Gasteiger charge is 2.32. The standard InChI is InChI=1S/C4H8N/c1-4(5)2-3-4/h5H,2-3H2,1H3. The third-order valence-electron chi connectivity index (χ3n) is 1.000. The Bertz CT molecular complexity index is 41.6. The molecule has 5 heavy (non-hydrogen) atoms. The lowest BCUT2D eigenvalue weighted by molar-refractivity contribution is 0.733. The van der Waals surface area contributed by atoms with E-state index in [0.717, 1.165) is 12.8 Å². The molecular formula is C4H8N. The van der Waals surface area contributed by atoms with Crippen molar-refractivity contribution < 1.29 is 0 Å². The van der Waals surface area contributed by atoms with E-state index < -0.39 is 0 Å². The predicted octanol–water partition coefficient (Wildman–Crippen LogP) is 0.822. The fourth-order valence-electron chi connectivity index (χ4n) is 0.187. The third kappa shape index (κ3) is 0.618. The molecule has 1 aliphatic carbocycles. The first-order chi connectivity index (χ1) is 2.21. The summed E-state index contributed by atoms with van der Waals surface area (Å²) >= 11 is 0. The average molecular weight is 70.1 g/mol. The van der Waals surface area contributed by atoms with Gasteiger partial charge in [-0.05, 0) is 19.8 Å². The summed E-state index contributed by atoms with van der Waals surface area (Å²) < 4.78 is 0. The van der Waals surface area contributed by atoms with Gasteiger partial charge in [0.2, 0.25) is 0 Å². The minimum Gasteiger partial charge on any atom is -0.251 e. The Morgan fingerprint density at radius 2 is 1.80 bits per heavy atom. The predicted molar refractivity (Wildman–Crippen MR) is 20.7 cm³/mol. The van der Waals surface area contributed by atoms with E-state index in [1.807, 2.05) is 6.92 Å². The molecule has 0 spiro atoms.